The van der Waals surface area contributed by atoms with Gasteiger partial charge in [-0.15, -0.1) is 0 Å². The van der Waals surface area contributed by atoms with Gasteiger partial charge in [-0.3, -0.25) is 4.79 Å². The number of pyridine rings is 1. The lowest BCUT2D eigenvalue weighted by Gasteiger charge is -2.15. The Balaban J connectivity index is 2.28. The van der Waals surface area contributed by atoms with Gasteiger partial charge in [-0.05, 0) is 29.3 Å². The van der Waals surface area contributed by atoms with Gasteiger partial charge in [-0.25, -0.2) is 14.2 Å². The van der Waals surface area contributed by atoms with Crippen LogP contribution in [0, 0.1) is 5.82 Å². The number of benzene rings is 2. The zero-order chi connectivity index (χ0) is 23.4. The van der Waals surface area contributed by atoms with E-state index in [1.807, 2.05) is 0 Å². The first-order valence-corrected chi connectivity index (χ1v) is 9.94. The van der Waals surface area contributed by atoms with Gasteiger partial charge in [-0.2, -0.15) is 0 Å². The molecule has 168 valence electrons. The van der Waals surface area contributed by atoms with Crippen LogP contribution < -0.4 is 10.2 Å². The predicted molar refractivity (Wildman–Crippen MR) is 120 cm³/mol. The monoisotopic (exact) mass is 461 g/mol. The van der Waals surface area contributed by atoms with Crippen molar-refractivity contribution in [3.63, 3.8) is 0 Å². The van der Waals surface area contributed by atoms with Crippen LogP contribution in [0.2, 0.25) is 5.02 Å². The van der Waals surface area contributed by atoms with Gasteiger partial charge in [0.1, 0.15) is 5.82 Å². The molecule has 0 amide bonds. The quantitative estimate of drug-likeness (QED) is 0.316. The van der Waals surface area contributed by atoms with Gasteiger partial charge in [0.15, 0.2) is 5.75 Å². The van der Waals surface area contributed by atoms with Gasteiger partial charge in [0.2, 0.25) is 5.43 Å². The van der Waals surface area contributed by atoms with Crippen LogP contribution in [-0.4, -0.2) is 52.9 Å². The molecule has 2 N–H and O–H groups in total. The van der Waals surface area contributed by atoms with Crippen molar-refractivity contribution < 1.29 is 24.1 Å². The van der Waals surface area contributed by atoms with E-state index < -0.39 is 23.2 Å². The summed E-state index contributed by atoms with van der Waals surface area (Å²) in [6.07, 6.45) is 1.25. The minimum atomic E-state index is -1.63. The maximum atomic E-state index is 14.5. The first-order chi connectivity index (χ1) is 15.2. The lowest BCUT2D eigenvalue weighted by molar-refractivity contribution is 0.143. The van der Waals surface area contributed by atoms with Crippen molar-refractivity contribution in [2.24, 2.45) is 4.99 Å². The largest absolute Gasteiger partial charge is 0.511 e. The molecular weight excluding hydrogens is 441 g/mol. The number of rotatable bonds is 7. The molecule has 0 aliphatic rings. The fraction of sp³-hybridized carbons (Fsp3) is 0.227. The maximum Gasteiger partial charge on any atom is 0.511 e. The Hall–Kier alpha value is -3.43. The van der Waals surface area contributed by atoms with Crippen LogP contribution >= 0.6 is 11.6 Å². The summed E-state index contributed by atoms with van der Waals surface area (Å²) in [5, 5.41) is 18.5. The summed E-state index contributed by atoms with van der Waals surface area (Å²) in [6, 6.07) is 7.81. The second-order valence-electron chi connectivity index (χ2n) is 7.20. The highest BCUT2D eigenvalue weighted by atomic mass is 35.5. The molecule has 1 heterocycles. The molecule has 1 aromatic heterocycles. The summed E-state index contributed by atoms with van der Waals surface area (Å²) in [5.74, 6) is -0.972. The minimum absolute atomic E-state index is 0.0240. The van der Waals surface area contributed by atoms with Gasteiger partial charge in [0.05, 0.1) is 40.8 Å². The number of aliphatic hydroxyl groups is 1. The summed E-state index contributed by atoms with van der Waals surface area (Å²) >= 11 is 5.91. The number of halogens is 2. The van der Waals surface area contributed by atoms with Crippen molar-refractivity contribution in [1.29, 1.82) is 0 Å². The van der Waals surface area contributed by atoms with Crippen LogP contribution in [0.5, 0.6) is 5.75 Å². The Labute approximate surface area is 187 Å². The normalized spacial score (nSPS) is 11.3. The van der Waals surface area contributed by atoms with Crippen LogP contribution in [0.4, 0.5) is 14.9 Å². The molecule has 3 aromatic rings. The Morgan fingerprint density at radius 3 is 2.72 bits per heavy atom. The van der Waals surface area contributed by atoms with Crippen LogP contribution in [0.15, 0.2) is 46.3 Å². The third-order valence-electron chi connectivity index (χ3n) is 4.63. The summed E-state index contributed by atoms with van der Waals surface area (Å²) in [4.78, 5) is 30.1. The first-order valence-electron chi connectivity index (χ1n) is 9.56. The second-order valence-corrected chi connectivity index (χ2v) is 7.61. The molecule has 0 fully saturated rings. The SMILES string of the molecule is CN(C)C=Nc1cc2c(cc1Cc1cccc(Cl)c1F)c(=O)c(OC(=O)O)cn2CCO. The van der Waals surface area contributed by atoms with E-state index in [4.69, 9.17) is 16.7 Å². The Bertz CT molecular complexity index is 1260. The van der Waals surface area contributed by atoms with Gasteiger partial charge in [-0.1, -0.05) is 23.7 Å². The van der Waals surface area contributed by atoms with Crippen molar-refractivity contribution >= 4 is 40.7 Å². The molecule has 0 aliphatic carbocycles. The zero-order valence-corrected chi connectivity index (χ0v) is 18.1. The van der Waals surface area contributed by atoms with E-state index in [0.29, 0.717) is 22.3 Å². The molecule has 0 saturated heterocycles. The molecule has 0 spiro atoms. The lowest BCUT2D eigenvalue weighted by Crippen LogP contribution is -2.17. The van der Waals surface area contributed by atoms with Gasteiger partial charge in [0, 0.05) is 27.1 Å². The third-order valence-corrected chi connectivity index (χ3v) is 4.92. The number of aliphatic hydroxyl groups excluding tert-OH is 1. The van der Waals surface area contributed by atoms with Gasteiger partial charge < -0.3 is 24.4 Å². The lowest BCUT2D eigenvalue weighted by atomic mass is 10.00. The van der Waals surface area contributed by atoms with E-state index in [0.717, 1.165) is 0 Å². The second kappa shape index (κ2) is 9.80. The van der Waals surface area contributed by atoms with E-state index in [2.05, 4.69) is 9.73 Å². The topological polar surface area (TPSA) is 104 Å². The predicted octanol–water partition coefficient (Wildman–Crippen LogP) is 3.66. The maximum absolute atomic E-state index is 14.5. The Morgan fingerprint density at radius 2 is 2.06 bits per heavy atom. The smallest absolute Gasteiger partial charge is 0.449 e. The molecule has 0 radical (unpaired) electrons. The van der Waals surface area contributed by atoms with E-state index >= 15 is 0 Å². The Morgan fingerprint density at radius 1 is 1.31 bits per heavy atom. The number of aromatic nitrogens is 1. The number of hydrogen-bond acceptors (Lipinski definition) is 5. The van der Waals surface area contributed by atoms with Crippen molar-refractivity contribution in [1.82, 2.24) is 9.47 Å². The molecule has 0 unspecified atom stereocenters. The Kier molecular flexibility index (Phi) is 7.12. The molecule has 0 aliphatic heterocycles. The molecule has 2 aromatic carbocycles. The number of carboxylic acid groups (broad SMARTS) is 1. The molecule has 32 heavy (non-hydrogen) atoms. The number of fused-ring (bicyclic) bond motifs is 1. The fourth-order valence-electron chi connectivity index (χ4n) is 3.23. The number of aliphatic imine (C=N–C) groups is 1. The molecule has 10 heteroatoms. The molecule has 0 bridgehead atoms. The molecular formula is C22H21ClFN3O5. The molecule has 3 rings (SSSR count). The molecule has 8 nitrogen and oxygen atoms in total. The zero-order valence-electron chi connectivity index (χ0n) is 17.4. The molecule has 0 atom stereocenters. The van der Waals surface area contributed by atoms with Crippen molar-refractivity contribution in [3.8, 4) is 5.75 Å². The summed E-state index contributed by atoms with van der Waals surface area (Å²) in [7, 11) is 3.58. The van der Waals surface area contributed by atoms with Crippen LogP contribution in [0.1, 0.15) is 11.1 Å². The number of nitrogens with zero attached hydrogens (tertiary/aromatic N) is 3. The van der Waals surface area contributed by atoms with E-state index in [9.17, 15) is 19.1 Å². The van der Waals surface area contributed by atoms with Crippen molar-refractivity contribution in [3.05, 3.63) is 68.7 Å². The van der Waals surface area contributed by atoms with Gasteiger partial charge >= 0.3 is 6.16 Å². The summed E-state index contributed by atoms with van der Waals surface area (Å²) in [6.45, 7) is -0.165. The highest BCUT2D eigenvalue weighted by Gasteiger charge is 2.17. The highest BCUT2D eigenvalue weighted by Crippen LogP contribution is 2.30. The average molecular weight is 462 g/mol. The summed E-state index contributed by atoms with van der Waals surface area (Å²) in [5.41, 5.74) is 1.09. The first kappa shape index (κ1) is 23.2. The molecule has 0 saturated carbocycles. The van der Waals surface area contributed by atoms with Gasteiger partial charge in [0.25, 0.3) is 0 Å². The minimum Gasteiger partial charge on any atom is -0.449 e. The van der Waals surface area contributed by atoms with Crippen LogP contribution in [-0.2, 0) is 13.0 Å². The average Bonchev–Trinajstić information content (AvgIpc) is 2.73. The van der Waals surface area contributed by atoms with Crippen molar-refractivity contribution in [2.45, 2.75) is 13.0 Å². The summed E-state index contributed by atoms with van der Waals surface area (Å²) < 4.78 is 20.7. The van der Waals surface area contributed by atoms with E-state index in [1.165, 1.54) is 22.9 Å². The number of ether oxygens (including phenoxy) is 1. The number of hydrogen-bond donors (Lipinski definition) is 2. The van der Waals surface area contributed by atoms with Crippen molar-refractivity contribution in [2.75, 3.05) is 20.7 Å². The van der Waals surface area contributed by atoms with Crippen LogP contribution in [0.3, 0.4) is 0 Å². The fourth-order valence-corrected chi connectivity index (χ4v) is 3.43. The van der Waals surface area contributed by atoms with E-state index in [-0.39, 0.29) is 30.0 Å². The van der Waals surface area contributed by atoms with E-state index in [1.54, 1.807) is 43.5 Å². The third kappa shape index (κ3) is 5.06. The standard InChI is InChI=1S/C22H21ClFN3O5/c1-26(2)12-25-17-10-18-15(9-14(17)8-13-4-3-5-16(23)20(13)24)21(29)19(32-22(30)31)11-27(18)6-7-28/h3-5,9-12,28H,6-8H2,1-2H3,(H,30,31). The number of carbonyl (C=O) groups is 1. The van der Waals surface area contributed by atoms with Crippen LogP contribution in [0.25, 0.3) is 10.9 Å². The highest BCUT2D eigenvalue weighted by molar-refractivity contribution is 6.30.